The Morgan fingerprint density at radius 1 is 1.00 bits per heavy atom. The predicted octanol–water partition coefficient (Wildman–Crippen LogP) is 4.37. The van der Waals surface area contributed by atoms with Crippen LogP contribution in [0.5, 0.6) is 5.75 Å². The highest BCUT2D eigenvalue weighted by molar-refractivity contribution is 7.12. The largest absolute Gasteiger partial charge is 0.497 e. The lowest BCUT2D eigenvalue weighted by molar-refractivity contribution is 0.0472. The van der Waals surface area contributed by atoms with Gasteiger partial charge in [-0.1, -0.05) is 18.2 Å². The van der Waals surface area contributed by atoms with E-state index in [4.69, 9.17) is 9.47 Å². The van der Waals surface area contributed by atoms with Crippen LogP contribution in [0.2, 0.25) is 0 Å². The van der Waals surface area contributed by atoms with Crippen LogP contribution in [0.1, 0.15) is 25.6 Å². The Labute approximate surface area is 155 Å². The van der Waals surface area contributed by atoms with Crippen LogP contribution in [-0.2, 0) is 11.3 Å². The number of esters is 1. The van der Waals surface area contributed by atoms with Gasteiger partial charge in [0.25, 0.3) is 5.91 Å². The van der Waals surface area contributed by atoms with Gasteiger partial charge in [0.15, 0.2) is 0 Å². The fourth-order valence-electron chi connectivity index (χ4n) is 2.24. The number of hydrogen-bond donors (Lipinski definition) is 1. The summed E-state index contributed by atoms with van der Waals surface area (Å²) in [5.41, 5.74) is 1.92. The standard InChI is InChI=1S/C20H17NO4S/c1-24-17-10-4-14(5-11-17)13-25-20(23)15-6-8-16(9-7-15)21-19(22)18-3-2-12-26-18/h2-12H,13H2,1H3,(H,21,22). The number of ether oxygens (including phenoxy) is 2. The number of nitrogens with one attached hydrogen (secondary N) is 1. The molecule has 0 saturated heterocycles. The van der Waals surface area contributed by atoms with Crippen LogP contribution in [0.25, 0.3) is 0 Å². The molecule has 0 bridgehead atoms. The molecule has 0 saturated carbocycles. The van der Waals surface area contributed by atoms with Crippen molar-refractivity contribution in [3.8, 4) is 5.75 Å². The van der Waals surface area contributed by atoms with E-state index in [-0.39, 0.29) is 12.5 Å². The first kappa shape index (κ1) is 17.7. The minimum Gasteiger partial charge on any atom is -0.497 e. The van der Waals surface area contributed by atoms with Gasteiger partial charge in [-0.05, 0) is 53.4 Å². The summed E-state index contributed by atoms with van der Waals surface area (Å²) < 4.78 is 10.4. The fourth-order valence-corrected chi connectivity index (χ4v) is 2.86. The molecule has 2 aromatic carbocycles. The van der Waals surface area contributed by atoms with Crippen molar-refractivity contribution in [2.45, 2.75) is 6.61 Å². The first-order chi connectivity index (χ1) is 12.7. The van der Waals surface area contributed by atoms with Crippen molar-refractivity contribution in [3.63, 3.8) is 0 Å². The predicted molar refractivity (Wildman–Crippen MR) is 101 cm³/mol. The second-order valence-electron chi connectivity index (χ2n) is 5.43. The van der Waals surface area contributed by atoms with E-state index in [1.165, 1.54) is 11.3 Å². The van der Waals surface area contributed by atoms with Crippen molar-refractivity contribution in [2.75, 3.05) is 12.4 Å². The lowest BCUT2D eigenvalue weighted by Gasteiger charge is -2.07. The number of anilines is 1. The molecule has 0 radical (unpaired) electrons. The summed E-state index contributed by atoms with van der Waals surface area (Å²) in [6.07, 6.45) is 0. The third-order valence-electron chi connectivity index (χ3n) is 3.65. The fraction of sp³-hybridized carbons (Fsp3) is 0.100. The number of hydrogen-bond acceptors (Lipinski definition) is 5. The molecule has 0 fully saturated rings. The number of amides is 1. The average Bonchev–Trinajstić information content (AvgIpc) is 3.22. The van der Waals surface area contributed by atoms with E-state index < -0.39 is 5.97 Å². The zero-order chi connectivity index (χ0) is 18.4. The molecular formula is C20H17NO4S. The Morgan fingerprint density at radius 2 is 1.73 bits per heavy atom. The Balaban J connectivity index is 1.55. The minimum absolute atomic E-state index is 0.171. The molecule has 1 N–H and O–H groups in total. The summed E-state index contributed by atoms with van der Waals surface area (Å²) in [5.74, 6) is 0.159. The highest BCUT2D eigenvalue weighted by Gasteiger charge is 2.10. The van der Waals surface area contributed by atoms with Gasteiger partial charge in [-0.15, -0.1) is 11.3 Å². The summed E-state index contributed by atoms with van der Waals surface area (Å²) in [7, 11) is 1.60. The van der Waals surface area contributed by atoms with E-state index in [9.17, 15) is 9.59 Å². The zero-order valence-corrected chi connectivity index (χ0v) is 14.9. The summed E-state index contributed by atoms with van der Waals surface area (Å²) in [6.45, 7) is 0.180. The van der Waals surface area contributed by atoms with E-state index in [0.29, 0.717) is 16.1 Å². The van der Waals surface area contributed by atoms with Crippen LogP contribution in [0.3, 0.4) is 0 Å². The summed E-state index contributed by atoms with van der Waals surface area (Å²) in [6, 6.07) is 17.5. The monoisotopic (exact) mass is 367 g/mol. The number of carbonyl (C=O) groups excluding carboxylic acids is 2. The third-order valence-corrected chi connectivity index (χ3v) is 4.52. The topological polar surface area (TPSA) is 64.6 Å². The van der Waals surface area contributed by atoms with Gasteiger partial charge in [0, 0.05) is 5.69 Å². The maximum atomic E-state index is 12.1. The normalized spacial score (nSPS) is 10.2. The molecule has 1 aromatic heterocycles. The van der Waals surface area contributed by atoms with Crippen LogP contribution < -0.4 is 10.1 Å². The molecule has 132 valence electrons. The number of carbonyl (C=O) groups is 2. The smallest absolute Gasteiger partial charge is 0.338 e. The summed E-state index contributed by atoms with van der Waals surface area (Å²) in [4.78, 5) is 24.8. The van der Waals surface area contributed by atoms with Crippen LogP contribution in [0.4, 0.5) is 5.69 Å². The van der Waals surface area contributed by atoms with Crippen molar-refractivity contribution in [1.29, 1.82) is 0 Å². The maximum absolute atomic E-state index is 12.1. The summed E-state index contributed by atoms with van der Waals surface area (Å²) in [5, 5.41) is 4.63. The highest BCUT2D eigenvalue weighted by atomic mass is 32.1. The molecule has 0 atom stereocenters. The third kappa shape index (κ3) is 4.49. The van der Waals surface area contributed by atoms with Gasteiger partial charge in [-0.3, -0.25) is 4.79 Å². The molecule has 0 unspecified atom stereocenters. The number of rotatable bonds is 6. The zero-order valence-electron chi connectivity index (χ0n) is 14.1. The molecule has 1 heterocycles. The van der Waals surface area contributed by atoms with E-state index in [0.717, 1.165) is 11.3 Å². The van der Waals surface area contributed by atoms with Gasteiger partial charge in [0.05, 0.1) is 17.6 Å². The van der Waals surface area contributed by atoms with Gasteiger partial charge >= 0.3 is 5.97 Å². The van der Waals surface area contributed by atoms with Crippen molar-refractivity contribution in [1.82, 2.24) is 0 Å². The molecule has 6 heteroatoms. The maximum Gasteiger partial charge on any atom is 0.338 e. The molecule has 3 rings (SSSR count). The van der Waals surface area contributed by atoms with Crippen molar-refractivity contribution >= 4 is 28.9 Å². The molecule has 0 spiro atoms. The molecule has 5 nitrogen and oxygen atoms in total. The van der Waals surface area contributed by atoms with Crippen LogP contribution in [0, 0.1) is 0 Å². The van der Waals surface area contributed by atoms with Crippen LogP contribution in [0.15, 0.2) is 66.0 Å². The van der Waals surface area contributed by atoms with Gasteiger partial charge in [0.1, 0.15) is 12.4 Å². The SMILES string of the molecule is COc1ccc(COC(=O)c2ccc(NC(=O)c3cccs3)cc2)cc1. The molecule has 0 aliphatic heterocycles. The van der Waals surface area contributed by atoms with E-state index in [1.54, 1.807) is 37.4 Å². The molecule has 0 aliphatic rings. The van der Waals surface area contributed by atoms with Gasteiger partial charge in [-0.25, -0.2) is 4.79 Å². The Morgan fingerprint density at radius 3 is 2.35 bits per heavy atom. The van der Waals surface area contributed by atoms with Gasteiger partial charge < -0.3 is 14.8 Å². The Hall–Kier alpha value is -3.12. The number of thiophene rings is 1. The van der Waals surface area contributed by atoms with E-state index >= 15 is 0 Å². The first-order valence-electron chi connectivity index (χ1n) is 7.90. The lowest BCUT2D eigenvalue weighted by atomic mass is 10.2. The van der Waals surface area contributed by atoms with Crippen molar-refractivity contribution < 1.29 is 19.1 Å². The molecule has 3 aromatic rings. The molecular weight excluding hydrogens is 350 g/mol. The first-order valence-corrected chi connectivity index (χ1v) is 8.78. The van der Waals surface area contributed by atoms with E-state index in [1.807, 2.05) is 35.7 Å². The van der Waals surface area contributed by atoms with E-state index in [2.05, 4.69) is 5.32 Å². The Kier molecular flexibility index (Phi) is 5.66. The highest BCUT2D eigenvalue weighted by Crippen LogP contribution is 2.16. The molecule has 1 amide bonds. The lowest BCUT2D eigenvalue weighted by Crippen LogP contribution is -2.10. The second kappa shape index (κ2) is 8.31. The number of methoxy groups -OCH3 is 1. The quantitative estimate of drug-likeness (QED) is 0.657. The van der Waals surface area contributed by atoms with Crippen molar-refractivity contribution in [2.24, 2.45) is 0 Å². The van der Waals surface area contributed by atoms with Crippen LogP contribution in [-0.4, -0.2) is 19.0 Å². The van der Waals surface area contributed by atoms with Gasteiger partial charge in [-0.2, -0.15) is 0 Å². The second-order valence-corrected chi connectivity index (χ2v) is 6.38. The number of benzene rings is 2. The van der Waals surface area contributed by atoms with Crippen LogP contribution >= 0.6 is 11.3 Å². The minimum atomic E-state index is -0.419. The van der Waals surface area contributed by atoms with Gasteiger partial charge in [0.2, 0.25) is 0 Å². The molecule has 26 heavy (non-hydrogen) atoms. The van der Waals surface area contributed by atoms with Crippen molar-refractivity contribution in [3.05, 3.63) is 82.0 Å². The summed E-state index contributed by atoms with van der Waals surface area (Å²) >= 11 is 1.37. The Bertz CT molecular complexity index is 871. The average molecular weight is 367 g/mol. The molecule has 0 aliphatic carbocycles.